The van der Waals surface area contributed by atoms with E-state index in [0.717, 1.165) is 32.5 Å². The zero-order valence-corrected chi connectivity index (χ0v) is 17.7. The summed E-state index contributed by atoms with van der Waals surface area (Å²) >= 11 is 0. The third kappa shape index (κ3) is 3.98. The van der Waals surface area contributed by atoms with Crippen LogP contribution in [0.4, 0.5) is 0 Å². The summed E-state index contributed by atoms with van der Waals surface area (Å²) in [5.74, 6) is 3.60. The lowest BCUT2D eigenvalue weighted by atomic mass is 9.84. The maximum absolute atomic E-state index is 13.2. The number of carbonyl (C=O) groups excluding carboxylic acids is 1. The number of hydrogen-bond acceptors (Lipinski definition) is 4. The van der Waals surface area contributed by atoms with Crippen LogP contribution in [-0.4, -0.2) is 47.7 Å². The van der Waals surface area contributed by atoms with E-state index >= 15 is 0 Å². The number of methoxy groups -OCH3 is 2. The molecule has 29 heavy (non-hydrogen) atoms. The smallest absolute Gasteiger partial charge is 0.257 e. The lowest BCUT2D eigenvalue weighted by molar-refractivity contribution is 0.0657. The summed E-state index contributed by atoms with van der Waals surface area (Å²) in [4.78, 5) is 19.9. The largest absolute Gasteiger partial charge is 0.497 e. The average Bonchev–Trinajstić information content (AvgIpc) is 3.06. The van der Waals surface area contributed by atoms with Gasteiger partial charge >= 0.3 is 0 Å². The Bertz CT molecular complexity index is 872. The third-order valence-electron chi connectivity index (χ3n) is 6.44. The Hall–Kier alpha value is -2.50. The van der Waals surface area contributed by atoms with Crippen LogP contribution < -0.4 is 9.47 Å². The van der Waals surface area contributed by atoms with Gasteiger partial charge in [-0.05, 0) is 50.7 Å². The van der Waals surface area contributed by atoms with Crippen molar-refractivity contribution in [1.29, 1.82) is 0 Å². The third-order valence-corrected chi connectivity index (χ3v) is 6.44. The Morgan fingerprint density at radius 3 is 2.69 bits per heavy atom. The quantitative estimate of drug-likeness (QED) is 0.738. The molecule has 6 heteroatoms. The van der Waals surface area contributed by atoms with Gasteiger partial charge in [0.25, 0.3) is 5.91 Å². The second-order valence-electron chi connectivity index (χ2n) is 8.32. The monoisotopic (exact) mass is 397 g/mol. The predicted molar refractivity (Wildman–Crippen MR) is 112 cm³/mol. The summed E-state index contributed by atoms with van der Waals surface area (Å²) in [6.07, 6.45) is 7.99. The minimum Gasteiger partial charge on any atom is -0.497 e. The average molecular weight is 398 g/mol. The van der Waals surface area contributed by atoms with Gasteiger partial charge in [-0.1, -0.05) is 6.42 Å². The molecule has 1 saturated carbocycles. The number of imidazole rings is 1. The Morgan fingerprint density at radius 2 is 2.00 bits per heavy atom. The Balaban J connectivity index is 1.48. The van der Waals surface area contributed by atoms with Crippen molar-refractivity contribution >= 4 is 5.91 Å². The molecule has 0 bridgehead atoms. The summed E-state index contributed by atoms with van der Waals surface area (Å²) in [7, 11) is 3.20. The van der Waals surface area contributed by atoms with Crippen LogP contribution in [0.1, 0.15) is 59.9 Å². The van der Waals surface area contributed by atoms with E-state index in [1.807, 2.05) is 17.2 Å². The molecule has 4 rings (SSSR count). The molecule has 0 spiro atoms. The first-order valence-corrected chi connectivity index (χ1v) is 10.6. The van der Waals surface area contributed by atoms with Gasteiger partial charge in [-0.3, -0.25) is 4.79 Å². The van der Waals surface area contributed by atoms with Gasteiger partial charge in [-0.15, -0.1) is 0 Å². The van der Waals surface area contributed by atoms with Crippen LogP contribution in [0.5, 0.6) is 11.5 Å². The van der Waals surface area contributed by atoms with E-state index in [0.29, 0.717) is 28.9 Å². The molecule has 1 aromatic heterocycles. The van der Waals surface area contributed by atoms with Crippen LogP contribution in [0.3, 0.4) is 0 Å². The van der Waals surface area contributed by atoms with E-state index in [9.17, 15) is 4.79 Å². The number of aromatic nitrogens is 2. The van der Waals surface area contributed by atoms with Gasteiger partial charge in [0.15, 0.2) is 0 Å². The summed E-state index contributed by atoms with van der Waals surface area (Å²) in [6.45, 7) is 4.66. The van der Waals surface area contributed by atoms with Crippen LogP contribution in [0.15, 0.2) is 24.4 Å². The molecule has 6 nitrogen and oxygen atoms in total. The van der Waals surface area contributed by atoms with Crippen molar-refractivity contribution in [3.63, 3.8) is 0 Å². The molecule has 0 radical (unpaired) electrons. The van der Waals surface area contributed by atoms with Crippen molar-refractivity contribution < 1.29 is 14.3 Å². The lowest BCUT2D eigenvalue weighted by Gasteiger charge is -2.34. The fourth-order valence-electron chi connectivity index (χ4n) is 4.51. The van der Waals surface area contributed by atoms with Crippen molar-refractivity contribution in [2.45, 2.75) is 51.5 Å². The molecule has 1 saturated heterocycles. The maximum atomic E-state index is 13.2. The molecule has 1 amide bonds. The highest BCUT2D eigenvalue weighted by Crippen LogP contribution is 2.36. The number of nitrogens with zero attached hydrogens (tertiary/aromatic N) is 3. The number of aryl methyl sites for hydroxylation is 1. The molecule has 1 aromatic carbocycles. The molecule has 0 N–H and O–H groups in total. The molecule has 1 aliphatic carbocycles. The fraction of sp³-hybridized carbons (Fsp3) is 0.565. The predicted octanol–water partition coefficient (Wildman–Crippen LogP) is 4.03. The first-order valence-electron chi connectivity index (χ1n) is 10.6. The van der Waals surface area contributed by atoms with E-state index in [2.05, 4.69) is 11.5 Å². The van der Waals surface area contributed by atoms with Gasteiger partial charge in [-0.2, -0.15) is 0 Å². The number of carbonyl (C=O) groups is 1. The molecule has 1 unspecified atom stereocenters. The number of rotatable bonds is 6. The molecule has 2 aromatic rings. The number of amides is 1. The minimum atomic E-state index is 0.0378. The van der Waals surface area contributed by atoms with Gasteiger partial charge in [0.2, 0.25) is 0 Å². The van der Waals surface area contributed by atoms with Crippen molar-refractivity contribution in [3.05, 3.63) is 41.5 Å². The van der Waals surface area contributed by atoms with Gasteiger partial charge in [0.05, 0.1) is 19.8 Å². The second kappa shape index (κ2) is 8.47. The second-order valence-corrected chi connectivity index (χ2v) is 8.32. The van der Waals surface area contributed by atoms with Crippen LogP contribution in [0, 0.1) is 12.8 Å². The van der Waals surface area contributed by atoms with Crippen LogP contribution >= 0.6 is 0 Å². The highest BCUT2D eigenvalue weighted by atomic mass is 16.5. The van der Waals surface area contributed by atoms with Crippen LogP contribution in [0.25, 0.3) is 0 Å². The first-order chi connectivity index (χ1) is 14.1. The maximum Gasteiger partial charge on any atom is 0.257 e. The zero-order chi connectivity index (χ0) is 20.4. The van der Waals surface area contributed by atoms with Crippen LogP contribution in [0.2, 0.25) is 0 Å². The topological polar surface area (TPSA) is 56.6 Å². The molecule has 2 aliphatic rings. The van der Waals surface area contributed by atoms with Gasteiger partial charge in [-0.25, -0.2) is 4.98 Å². The van der Waals surface area contributed by atoms with Crippen molar-refractivity contribution in [3.8, 4) is 11.5 Å². The molecule has 2 heterocycles. The van der Waals surface area contributed by atoms with Gasteiger partial charge < -0.3 is 18.9 Å². The fourth-order valence-corrected chi connectivity index (χ4v) is 4.51. The van der Waals surface area contributed by atoms with Crippen molar-refractivity contribution in [1.82, 2.24) is 14.5 Å². The summed E-state index contributed by atoms with van der Waals surface area (Å²) in [5.41, 5.74) is 1.83. The SMILES string of the molecule is COc1ccc(C(=O)N2CCCC(Cn3c(C)cnc3C3CCC3)C2)c(OC)c1. The highest BCUT2D eigenvalue weighted by molar-refractivity contribution is 5.97. The summed E-state index contributed by atoms with van der Waals surface area (Å²) in [5, 5.41) is 0. The van der Waals surface area contributed by atoms with Gasteiger partial charge in [0, 0.05) is 43.5 Å². The van der Waals surface area contributed by atoms with E-state index in [4.69, 9.17) is 14.5 Å². The van der Waals surface area contributed by atoms with E-state index in [1.54, 1.807) is 26.4 Å². The van der Waals surface area contributed by atoms with E-state index < -0.39 is 0 Å². The summed E-state index contributed by atoms with van der Waals surface area (Å²) in [6, 6.07) is 5.39. The molecular weight excluding hydrogens is 366 g/mol. The number of benzene rings is 1. The molecular formula is C23H31N3O3. The minimum absolute atomic E-state index is 0.0378. The van der Waals surface area contributed by atoms with Gasteiger partial charge in [0.1, 0.15) is 17.3 Å². The normalized spacial score (nSPS) is 19.7. The Kier molecular flexibility index (Phi) is 5.79. The number of hydrogen-bond donors (Lipinski definition) is 0. The number of ether oxygens (including phenoxy) is 2. The number of piperidine rings is 1. The highest BCUT2D eigenvalue weighted by Gasteiger charge is 2.29. The molecule has 1 atom stereocenters. The Labute approximate surface area is 172 Å². The lowest BCUT2D eigenvalue weighted by Crippen LogP contribution is -2.41. The molecule has 2 fully saturated rings. The standard InChI is InChI=1S/C23H31N3O3/c1-16-13-24-22(18-7-4-8-18)26(16)15-17-6-5-11-25(14-17)23(27)20-10-9-19(28-2)12-21(20)29-3/h9-10,12-13,17-18H,4-8,11,14-15H2,1-3H3. The number of likely N-dealkylation sites (tertiary alicyclic amines) is 1. The van der Waals surface area contributed by atoms with E-state index in [-0.39, 0.29) is 5.91 Å². The van der Waals surface area contributed by atoms with E-state index in [1.165, 1.54) is 30.8 Å². The first kappa shape index (κ1) is 19.8. The van der Waals surface area contributed by atoms with Crippen molar-refractivity contribution in [2.75, 3.05) is 27.3 Å². The zero-order valence-electron chi connectivity index (χ0n) is 17.7. The van der Waals surface area contributed by atoms with Crippen molar-refractivity contribution in [2.24, 2.45) is 5.92 Å². The Morgan fingerprint density at radius 1 is 1.17 bits per heavy atom. The molecule has 156 valence electrons. The van der Waals surface area contributed by atoms with Crippen LogP contribution in [-0.2, 0) is 6.54 Å². The summed E-state index contributed by atoms with van der Waals surface area (Å²) < 4.78 is 13.1. The molecule has 1 aliphatic heterocycles.